The van der Waals surface area contributed by atoms with Crippen molar-refractivity contribution in [1.29, 1.82) is 0 Å². The molecule has 0 saturated carbocycles. The first-order valence-corrected chi connectivity index (χ1v) is 11.7. The van der Waals surface area contributed by atoms with Crippen LogP contribution in [0.4, 0.5) is 5.69 Å². The maximum atomic E-state index is 13.1. The zero-order valence-electron chi connectivity index (χ0n) is 18.9. The van der Waals surface area contributed by atoms with E-state index in [1.807, 2.05) is 51.1 Å². The molecule has 3 rings (SSSR count). The molecule has 0 spiro atoms. The first kappa shape index (κ1) is 23.3. The van der Waals surface area contributed by atoms with Crippen molar-refractivity contribution in [2.45, 2.75) is 38.6 Å². The Morgan fingerprint density at radius 3 is 2.12 bits per heavy atom. The number of amides is 1. The third-order valence-electron chi connectivity index (χ3n) is 5.18. The van der Waals surface area contributed by atoms with Crippen LogP contribution in [0.2, 0.25) is 0 Å². The Morgan fingerprint density at radius 2 is 1.53 bits per heavy atom. The second-order valence-corrected chi connectivity index (χ2v) is 9.58. The standard InChI is InChI=1S/C25H28N2O4S/c1-16-12-17(2)14-22(13-16)27-32(29,30)24-15-21(7-6-18(24)3)25(28)26-19(4)20-8-10-23(31-5)11-9-20/h6-15,19,27H,1-5H3,(H,26,28)/t19-/m0/s1. The third-order valence-corrected chi connectivity index (χ3v) is 6.70. The Bertz CT molecular complexity index is 1220. The summed E-state index contributed by atoms with van der Waals surface area (Å²) < 4.78 is 33.9. The highest BCUT2D eigenvalue weighted by Gasteiger charge is 2.20. The summed E-state index contributed by atoms with van der Waals surface area (Å²) in [5.41, 5.74) is 4.15. The first-order valence-electron chi connectivity index (χ1n) is 10.3. The van der Waals surface area contributed by atoms with Crippen molar-refractivity contribution < 1.29 is 17.9 Å². The van der Waals surface area contributed by atoms with E-state index in [2.05, 4.69) is 10.0 Å². The van der Waals surface area contributed by atoms with Crippen molar-refractivity contribution in [3.8, 4) is 5.75 Å². The number of hydrogen-bond acceptors (Lipinski definition) is 4. The van der Waals surface area contributed by atoms with Gasteiger partial charge in [0.1, 0.15) is 5.75 Å². The Kier molecular flexibility index (Phi) is 6.89. The number of hydrogen-bond donors (Lipinski definition) is 2. The topological polar surface area (TPSA) is 84.5 Å². The van der Waals surface area contributed by atoms with Crippen LogP contribution in [0.25, 0.3) is 0 Å². The fourth-order valence-electron chi connectivity index (χ4n) is 3.53. The van der Waals surface area contributed by atoms with E-state index in [0.717, 1.165) is 22.4 Å². The van der Waals surface area contributed by atoms with Crippen molar-refractivity contribution in [2.75, 3.05) is 11.8 Å². The van der Waals surface area contributed by atoms with Crippen molar-refractivity contribution in [2.24, 2.45) is 0 Å². The lowest BCUT2D eigenvalue weighted by Crippen LogP contribution is -2.27. The van der Waals surface area contributed by atoms with Crippen molar-refractivity contribution >= 4 is 21.6 Å². The molecule has 6 nitrogen and oxygen atoms in total. The first-order chi connectivity index (χ1) is 15.1. The summed E-state index contributed by atoms with van der Waals surface area (Å²) in [5, 5.41) is 2.92. The van der Waals surface area contributed by atoms with Gasteiger partial charge in [0.15, 0.2) is 0 Å². The Morgan fingerprint density at radius 1 is 0.906 bits per heavy atom. The second kappa shape index (κ2) is 9.44. The molecule has 0 fully saturated rings. The number of anilines is 1. The lowest BCUT2D eigenvalue weighted by Gasteiger charge is -2.16. The number of carbonyl (C=O) groups is 1. The monoisotopic (exact) mass is 452 g/mol. The Hall–Kier alpha value is -3.32. The minimum absolute atomic E-state index is 0.0707. The van der Waals surface area contributed by atoms with E-state index in [0.29, 0.717) is 11.3 Å². The maximum Gasteiger partial charge on any atom is 0.262 e. The molecular formula is C25H28N2O4S. The van der Waals surface area contributed by atoms with Gasteiger partial charge in [-0.05, 0) is 86.3 Å². The van der Waals surface area contributed by atoms with E-state index in [1.54, 1.807) is 38.3 Å². The highest BCUT2D eigenvalue weighted by Crippen LogP contribution is 2.23. The molecule has 0 saturated heterocycles. The van der Waals surface area contributed by atoms with Gasteiger partial charge in [-0.1, -0.05) is 24.3 Å². The van der Waals surface area contributed by atoms with Crippen molar-refractivity contribution in [1.82, 2.24) is 5.32 Å². The van der Waals surface area contributed by atoms with Gasteiger partial charge < -0.3 is 10.1 Å². The molecule has 168 valence electrons. The van der Waals surface area contributed by atoms with Crippen LogP contribution in [0.15, 0.2) is 65.6 Å². The van der Waals surface area contributed by atoms with Crippen LogP contribution in [-0.4, -0.2) is 21.4 Å². The smallest absolute Gasteiger partial charge is 0.262 e. The summed E-state index contributed by atoms with van der Waals surface area (Å²) >= 11 is 0. The normalized spacial score (nSPS) is 12.2. The highest BCUT2D eigenvalue weighted by atomic mass is 32.2. The van der Waals surface area contributed by atoms with Crippen molar-refractivity contribution in [3.63, 3.8) is 0 Å². The SMILES string of the molecule is COc1ccc([C@H](C)NC(=O)c2ccc(C)c(S(=O)(=O)Nc3cc(C)cc(C)c3)c2)cc1. The number of ether oxygens (including phenoxy) is 1. The predicted molar refractivity (Wildman–Crippen MR) is 127 cm³/mol. The molecule has 0 radical (unpaired) electrons. The van der Waals surface area contributed by atoms with E-state index in [9.17, 15) is 13.2 Å². The van der Waals surface area contributed by atoms with E-state index in [4.69, 9.17) is 4.74 Å². The molecule has 0 aliphatic carbocycles. The summed E-state index contributed by atoms with van der Waals surface area (Å²) in [6.45, 7) is 7.39. The molecule has 0 aliphatic heterocycles. The zero-order valence-corrected chi connectivity index (χ0v) is 19.7. The maximum absolute atomic E-state index is 13.1. The summed E-state index contributed by atoms with van der Waals surface area (Å²) in [6, 6.07) is 17.3. The van der Waals surface area contributed by atoms with Crippen LogP contribution in [0.1, 0.15) is 45.6 Å². The number of carbonyl (C=O) groups excluding carboxylic acids is 1. The molecule has 0 bridgehead atoms. The molecule has 0 aliphatic rings. The number of nitrogens with one attached hydrogen (secondary N) is 2. The Labute approximate surface area is 189 Å². The third kappa shape index (κ3) is 5.48. The largest absolute Gasteiger partial charge is 0.497 e. The van der Waals surface area contributed by atoms with Gasteiger partial charge >= 0.3 is 0 Å². The lowest BCUT2D eigenvalue weighted by molar-refractivity contribution is 0.0939. The van der Waals surface area contributed by atoms with Crippen LogP contribution in [0.5, 0.6) is 5.75 Å². The van der Waals surface area contributed by atoms with Crippen LogP contribution >= 0.6 is 0 Å². The molecule has 0 heterocycles. The minimum Gasteiger partial charge on any atom is -0.497 e. The molecule has 2 N–H and O–H groups in total. The number of aryl methyl sites for hydroxylation is 3. The van der Waals surface area contributed by atoms with Gasteiger partial charge in [0.2, 0.25) is 0 Å². The summed E-state index contributed by atoms with van der Waals surface area (Å²) in [4.78, 5) is 12.9. The van der Waals surface area contributed by atoms with Gasteiger partial charge in [0.25, 0.3) is 15.9 Å². The van der Waals surface area contributed by atoms with Gasteiger partial charge in [-0.3, -0.25) is 9.52 Å². The van der Waals surface area contributed by atoms with E-state index in [1.165, 1.54) is 6.07 Å². The molecule has 32 heavy (non-hydrogen) atoms. The summed E-state index contributed by atoms with van der Waals surface area (Å²) in [6.07, 6.45) is 0. The van der Waals surface area contributed by atoms with Gasteiger partial charge in [-0.2, -0.15) is 0 Å². The molecule has 3 aromatic rings. The van der Waals surface area contributed by atoms with Gasteiger partial charge in [-0.15, -0.1) is 0 Å². The summed E-state index contributed by atoms with van der Waals surface area (Å²) in [7, 11) is -2.27. The molecule has 7 heteroatoms. The average Bonchev–Trinajstić information content (AvgIpc) is 2.72. The quantitative estimate of drug-likeness (QED) is 0.533. The molecule has 1 atom stereocenters. The van der Waals surface area contributed by atoms with E-state index >= 15 is 0 Å². The van der Waals surface area contributed by atoms with Gasteiger partial charge in [-0.25, -0.2) is 8.42 Å². The molecule has 0 aromatic heterocycles. The Balaban J connectivity index is 1.82. The van der Waals surface area contributed by atoms with Crippen LogP contribution < -0.4 is 14.8 Å². The van der Waals surface area contributed by atoms with Crippen molar-refractivity contribution in [3.05, 3.63) is 88.5 Å². The molecule has 0 unspecified atom stereocenters. The van der Waals surface area contributed by atoms with Gasteiger partial charge in [0.05, 0.1) is 18.0 Å². The fourth-order valence-corrected chi connectivity index (χ4v) is 4.84. The fraction of sp³-hybridized carbons (Fsp3) is 0.240. The lowest BCUT2D eigenvalue weighted by atomic mass is 10.1. The number of benzene rings is 3. The molecule has 3 aromatic carbocycles. The number of methoxy groups -OCH3 is 1. The highest BCUT2D eigenvalue weighted by molar-refractivity contribution is 7.92. The van der Waals surface area contributed by atoms with Crippen LogP contribution in [0.3, 0.4) is 0 Å². The number of rotatable bonds is 7. The van der Waals surface area contributed by atoms with E-state index in [-0.39, 0.29) is 22.4 Å². The predicted octanol–water partition coefficient (Wildman–Crippen LogP) is 4.91. The average molecular weight is 453 g/mol. The van der Waals surface area contributed by atoms with Gasteiger partial charge in [0, 0.05) is 11.3 Å². The summed E-state index contributed by atoms with van der Waals surface area (Å²) in [5.74, 6) is 0.383. The van der Waals surface area contributed by atoms with Crippen LogP contribution in [0, 0.1) is 20.8 Å². The van der Waals surface area contributed by atoms with E-state index < -0.39 is 10.0 Å². The second-order valence-electron chi connectivity index (χ2n) is 7.93. The zero-order chi connectivity index (χ0) is 23.5. The molecule has 1 amide bonds. The van der Waals surface area contributed by atoms with Crippen LogP contribution in [-0.2, 0) is 10.0 Å². The number of sulfonamides is 1. The molecular weight excluding hydrogens is 424 g/mol. The minimum atomic E-state index is -3.87.